The molecule has 114 valence electrons. The number of carbonyl (C=O) groups excluding carboxylic acids is 1. The van der Waals surface area contributed by atoms with Crippen molar-refractivity contribution in [1.29, 1.82) is 0 Å². The molecular formula is C12H13BrN2O5S. The Bertz CT molecular complexity index is 685. The van der Waals surface area contributed by atoms with E-state index in [0.29, 0.717) is 0 Å². The first kappa shape index (κ1) is 15.9. The van der Waals surface area contributed by atoms with Crippen LogP contribution >= 0.6 is 15.9 Å². The highest BCUT2D eigenvalue weighted by Gasteiger charge is 2.25. The number of amides is 1. The van der Waals surface area contributed by atoms with Crippen LogP contribution in [-0.4, -0.2) is 38.0 Å². The number of benzene rings is 1. The van der Waals surface area contributed by atoms with Gasteiger partial charge in [-0.1, -0.05) is 0 Å². The zero-order valence-corrected chi connectivity index (χ0v) is 13.2. The van der Waals surface area contributed by atoms with Gasteiger partial charge in [-0.15, -0.1) is 0 Å². The van der Waals surface area contributed by atoms with Gasteiger partial charge in [-0.3, -0.25) is 4.79 Å². The van der Waals surface area contributed by atoms with Crippen LogP contribution in [0.1, 0.15) is 23.2 Å². The summed E-state index contributed by atoms with van der Waals surface area (Å²) in [6, 6.07) is 3.71. The molecule has 0 bridgehead atoms. The van der Waals surface area contributed by atoms with E-state index in [4.69, 9.17) is 5.11 Å². The summed E-state index contributed by atoms with van der Waals surface area (Å²) in [7, 11) is -3.89. The number of carboxylic acids is 1. The van der Waals surface area contributed by atoms with Gasteiger partial charge in [-0.2, -0.15) is 0 Å². The lowest BCUT2D eigenvalue weighted by Gasteiger charge is -2.09. The first-order valence-electron chi connectivity index (χ1n) is 6.11. The molecule has 1 fully saturated rings. The minimum atomic E-state index is -3.89. The van der Waals surface area contributed by atoms with Gasteiger partial charge in [0.1, 0.15) is 0 Å². The molecule has 0 aromatic heterocycles. The van der Waals surface area contributed by atoms with E-state index in [-0.39, 0.29) is 33.4 Å². The number of aromatic carboxylic acids is 1. The summed E-state index contributed by atoms with van der Waals surface area (Å²) in [6.07, 6.45) is 1.83. The fourth-order valence-electron chi connectivity index (χ4n) is 1.60. The summed E-state index contributed by atoms with van der Waals surface area (Å²) < 4.78 is 26.4. The van der Waals surface area contributed by atoms with Gasteiger partial charge in [0.15, 0.2) is 0 Å². The van der Waals surface area contributed by atoms with Crippen LogP contribution in [0.15, 0.2) is 27.6 Å². The van der Waals surface area contributed by atoms with Gasteiger partial charge in [0.2, 0.25) is 15.9 Å². The largest absolute Gasteiger partial charge is 0.478 e. The van der Waals surface area contributed by atoms with E-state index < -0.39 is 16.0 Å². The monoisotopic (exact) mass is 376 g/mol. The van der Waals surface area contributed by atoms with Crippen molar-refractivity contribution in [3.8, 4) is 0 Å². The van der Waals surface area contributed by atoms with Crippen molar-refractivity contribution >= 4 is 37.8 Å². The van der Waals surface area contributed by atoms with Gasteiger partial charge in [-0.05, 0) is 47.0 Å². The van der Waals surface area contributed by atoms with Crippen LogP contribution in [-0.2, 0) is 14.8 Å². The maximum atomic E-state index is 12.1. The zero-order valence-electron chi connectivity index (χ0n) is 10.8. The SMILES string of the molecule is O=C(CNS(=O)(=O)c1ccc(C(=O)O)cc1Br)NC1CC1. The number of sulfonamides is 1. The molecule has 1 aliphatic carbocycles. The fourth-order valence-corrected chi connectivity index (χ4v) is 3.65. The first-order chi connectivity index (χ1) is 9.79. The second-order valence-electron chi connectivity index (χ2n) is 4.62. The van der Waals surface area contributed by atoms with E-state index in [1.165, 1.54) is 18.2 Å². The predicted octanol–water partition coefficient (Wildman–Crippen LogP) is 0.704. The van der Waals surface area contributed by atoms with E-state index in [9.17, 15) is 18.0 Å². The van der Waals surface area contributed by atoms with Gasteiger partial charge in [0.05, 0.1) is 17.0 Å². The average molecular weight is 377 g/mol. The highest BCUT2D eigenvalue weighted by atomic mass is 79.9. The van der Waals surface area contributed by atoms with Crippen LogP contribution in [0.5, 0.6) is 0 Å². The predicted molar refractivity (Wildman–Crippen MR) is 77.5 cm³/mol. The number of carboxylic acid groups (broad SMARTS) is 1. The Balaban J connectivity index is 2.07. The van der Waals surface area contributed by atoms with Gasteiger partial charge < -0.3 is 10.4 Å². The van der Waals surface area contributed by atoms with Crippen molar-refractivity contribution in [3.05, 3.63) is 28.2 Å². The molecule has 0 saturated heterocycles. The van der Waals surface area contributed by atoms with Crippen molar-refractivity contribution in [3.63, 3.8) is 0 Å². The van der Waals surface area contributed by atoms with Crippen molar-refractivity contribution in [2.75, 3.05) is 6.54 Å². The lowest BCUT2D eigenvalue weighted by Crippen LogP contribution is -2.37. The average Bonchev–Trinajstić information content (AvgIpc) is 3.20. The summed E-state index contributed by atoms with van der Waals surface area (Å²) in [5, 5.41) is 11.5. The Hall–Kier alpha value is -1.45. The van der Waals surface area contributed by atoms with E-state index in [0.717, 1.165) is 12.8 Å². The van der Waals surface area contributed by atoms with E-state index >= 15 is 0 Å². The molecule has 1 saturated carbocycles. The standard InChI is InChI=1S/C12H13BrN2O5S/c13-9-5-7(12(17)18)1-4-10(9)21(19,20)14-6-11(16)15-8-2-3-8/h1,4-5,8,14H,2-3,6H2,(H,15,16)(H,17,18). The van der Waals surface area contributed by atoms with Crippen LogP contribution in [0.25, 0.3) is 0 Å². The third-order valence-electron chi connectivity index (χ3n) is 2.83. The Morgan fingerprint density at radius 1 is 1.33 bits per heavy atom. The minimum absolute atomic E-state index is 0.0349. The van der Waals surface area contributed by atoms with E-state index in [2.05, 4.69) is 26.0 Å². The van der Waals surface area contributed by atoms with Crippen LogP contribution in [0.3, 0.4) is 0 Å². The second-order valence-corrected chi connectivity index (χ2v) is 7.21. The van der Waals surface area contributed by atoms with Gasteiger partial charge in [0.25, 0.3) is 0 Å². The van der Waals surface area contributed by atoms with E-state index in [1.54, 1.807) is 0 Å². The third kappa shape index (κ3) is 4.26. The third-order valence-corrected chi connectivity index (χ3v) is 5.21. The van der Waals surface area contributed by atoms with Gasteiger partial charge in [0, 0.05) is 10.5 Å². The molecule has 0 atom stereocenters. The normalized spacial score (nSPS) is 14.7. The summed E-state index contributed by atoms with van der Waals surface area (Å²) in [5.74, 6) is -1.55. The Labute approximate surface area is 129 Å². The zero-order chi connectivity index (χ0) is 15.6. The Kier molecular flexibility index (Phi) is 4.64. The Morgan fingerprint density at radius 2 is 2.00 bits per heavy atom. The summed E-state index contributed by atoms with van der Waals surface area (Å²) >= 11 is 3.03. The number of halogens is 1. The number of hydrogen-bond acceptors (Lipinski definition) is 4. The number of nitrogens with one attached hydrogen (secondary N) is 2. The number of carbonyl (C=O) groups is 2. The molecule has 7 nitrogen and oxygen atoms in total. The maximum absolute atomic E-state index is 12.1. The molecule has 1 aliphatic rings. The van der Waals surface area contributed by atoms with Crippen molar-refractivity contribution in [1.82, 2.24) is 10.0 Å². The first-order valence-corrected chi connectivity index (χ1v) is 8.39. The van der Waals surface area contributed by atoms with Crippen LogP contribution in [0.2, 0.25) is 0 Å². The molecule has 0 radical (unpaired) electrons. The van der Waals surface area contributed by atoms with Crippen molar-refractivity contribution in [2.45, 2.75) is 23.8 Å². The number of hydrogen-bond donors (Lipinski definition) is 3. The van der Waals surface area contributed by atoms with Gasteiger partial charge >= 0.3 is 5.97 Å². The molecule has 0 aliphatic heterocycles. The van der Waals surface area contributed by atoms with Gasteiger partial charge in [-0.25, -0.2) is 17.9 Å². The molecule has 2 rings (SSSR count). The smallest absolute Gasteiger partial charge is 0.335 e. The summed E-state index contributed by atoms with van der Waals surface area (Å²) in [5.41, 5.74) is -0.0349. The lowest BCUT2D eigenvalue weighted by molar-refractivity contribution is -0.120. The highest BCUT2D eigenvalue weighted by molar-refractivity contribution is 9.10. The van der Waals surface area contributed by atoms with Crippen LogP contribution in [0.4, 0.5) is 0 Å². The molecule has 21 heavy (non-hydrogen) atoms. The van der Waals surface area contributed by atoms with Crippen molar-refractivity contribution in [2.24, 2.45) is 0 Å². The molecule has 0 spiro atoms. The minimum Gasteiger partial charge on any atom is -0.478 e. The van der Waals surface area contributed by atoms with Crippen LogP contribution < -0.4 is 10.0 Å². The topological polar surface area (TPSA) is 113 Å². The molecule has 1 amide bonds. The lowest BCUT2D eigenvalue weighted by atomic mass is 10.2. The number of rotatable bonds is 6. The molecular weight excluding hydrogens is 364 g/mol. The summed E-state index contributed by atoms with van der Waals surface area (Å²) in [6.45, 7) is -0.355. The molecule has 3 N–H and O–H groups in total. The molecule has 1 aromatic rings. The maximum Gasteiger partial charge on any atom is 0.335 e. The summed E-state index contributed by atoms with van der Waals surface area (Å²) in [4.78, 5) is 22.2. The molecule has 0 heterocycles. The van der Waals surface area contributed by atoms with Crippen LogP contribution in [0, 0.1) is 0 Å². The Morgan fingerprint density at radius 3 is 2.52 bits per heavy atom. The molecule has 0 unspecified atom stereocenters. The van der Waals surface area contributed by atoms with E-state index in [1.807, 2.05) is 0 Å². The molecule has 9 heteroatoms. The fraction of sp³-hybridized carbons (Fsp3) is 0.333. The quantitative estimate of drug-likeness (QED) is 0.676. The molecule has 1 aromatic carbocycles. The second kappa shape index (κ2) is 6.12. The van der Waals surface area contributed by atoms with Crippen molar-refractivity contribution < 1.29 is 23.1 Å². The highest BCUT2D eigenvalue weighted by Crippen LogP contribution is 2.23.